The van der Waals surface area contributed by atoms with E-state index in [1.54, 1.807) is 31.4 Å². The second-order valence-corrected chi connectivity index (χ2v) is 7.15. The Balaban J connectivity index is 1.97. The van der Waals surface area contributed by atoms with Crippen LogP contribution in [0, 0.1) is 0 Å². The molecule has 0 saturated heterocycles. The lowest BCUT2D eigenvalue weighted by molar-refractivity contribution is 0.104. The van der Waals surface area contributed by atoms with Crippen molar-refractivity contribution in [1.29, 1.82) is 0 Å². The van der Waals surface area contributed by atoms with Crippen LogP contribution >= 0.6 is 35.0 Å². The number of halogens is 2. The first-order chi connectivity index (χ1) is 12.0. The molecule has 0 saturated carbocycles. The highest BCUT2D eigenvalue weighted by atomic mass is 35.5. The van der Waals surface area contributed by atoms with Gasteiger partial charge < -0.3 is 14.8 Å². The molecule has 1 N–H and O–H groups in total. The number of ketones is 1. The molecule has 3 rings (SSSR count). The Labute approximate surface area is 160 Å². The molecule has 130 valence electrons. The van der Waals surface area contributed by atoms with E-state index in [0.29, 0.717) is 32.0 Å². The number of hydrogen-bond acceptors (Lipinski definition) is 5. The average molecular weight is 396 g/mol. The predicted octanol–water partition coefficient (Wildman–Crippen LogP) is 5.64. The number of nitrogens with one attached hydrogen (secondary N) is 1. The number of benzene rings is 2. The molecular weight excluding hydrogens is 381 g/mol. The van der Waals surface area contributed by atoms with Gasteiger partial charge in [-0.1, -0.05) is 35.0 Å². The number of fused-ring (bicyclic) bond motifs is 1. The minimum absolute atomic E-state index is 0.104. The molecule has 0 aliphatic carbocycles. The lowest BCUT2D eigenvalue weighted by atomic mass is 10.1. The molecule has 2 aromatic rings. The topological polar surface area (TPSA) is 47.6 Å². The summed E-state index contributed by atoms with van der Waals surface area (Å²) in [4.78, 5) is 14.4. The Kier molecular flexibility index (Phi) is 5.18. The summed E-state index contributed by atoms with van der Waals surface area (Å²) in [5.74, 6) is 0.981. The third-order valence-electron chi connectivity index (χ3n) is 3.77. The van der Waals surface area contributed by atoms with Crippen molar-refractivity contribution in [2.24, 2.45) is 0 Å². The van der Waals surface area contributed by atoms with Crippen LogP contribution in [0.15, 0.2) is 45.8 Å². The van der Waals surface area contributed by atoms with Gasteiger partial charge in [0.25, 0.3) is 0 Å². The lowest BCUT2D eigenvalue weighted by Crippen LogP contribution is -2.12. The summed E-state index contributed by atoms with van der Waals surface area (Å²) < 4.78 is 10.5. The molecule has 7 heteroatoms. The zero-order valence-electron chi connectivity index (χ0n) is 13.8. The molecule has 25 heavy (non-hydrogen) atoms. The minimum Gasteiger partial charge on any atom is -0.493 e. The molecule has 0 amide bonds. The molecule has 4 nitrogen and oxygen atoms in total. The second-order valence-electron chi connectivity index (χ2n) is 5.31. The maximum atomic E-state index is 13.0. The van der Waals surface area contributed by atoms with E-state index in [4.69, 9.17) is 32.7 Å². The van der Waals surface area contributed by atoms with Gasteiger partial charge in [-0.3, -0.25) is 4.79 Å². The summed E-state index contributed by atoms with van der Waals surface area (Å²) in [6, 6.07) is 8.67. The summed E-state index contributed by atoms with van der Waals surface area (Å²) >= 11 is 13.7. The highest BCUT2D eigenvalue weighted by molar-refractivity contribution is 8.04. The molecule has 0 atom stereocenters. The zero-order chi connectivity index (χ0) is 18.1. The molecule has 0 spiro atoms. The summed E-state index contributed by atoms with van der Waals surface area (Å²) in [7, 11) is 3.09. The highest BCUT2D eigenvalue weighted by Gasteiger charge is 2.25. The van der Waals surface area contributed by atoms with Crippen molar-refractivity contribution in [3.05, 3.63) is 56.5 Å². The number of allylic oxidation sites excluding steroid dienone is 2. The number of carbonyl (C=O) groups excluding carboxylic acids is 1. The SMILES string of the molecule is COc1ccc(C(=O)C2=C(C)Nc3c(ccc(Cl)c3Cl)S2)cc1OC. The van der Waals surface area contributed by atoms with E-state index in [2.05, 4.69) is 5.32 Å². The number of ether oxygens (including phenoxy) is 2. The van der Waals surface area contributed by atoms with Gasteiger partial charge in [0.15, 0.2) is 11.5 Å². The third kappa shape index (κ3) is 3.32. The predicted molar refractivity (Wildman–Crippen MR) is 103 cm³/mol. The van der Waals surface area contributed by atoms with Crippen molar-refractivity contribution >= 4 is 46.4 Å². The Morgan fingerprint density at radius 1 is 1.08 bits per heavy atom. The van der Waals surface area contributed by atoms with E-state index >= 15 is 0 Å². The molecule has 2 aromatic carbocycles. The third-order valence-corrected chi connectivity index (χ3v) is 5.83. The van der Waals surface area contributed by atoms with Gasteiger partial charge in [-0.25, -0.2) is 0 Å². The van der Waals surface area contributed by atoms with Crippen LogP contribution < -0.4 is 14.8 Å². The first kappa shape index (κ1) is 18.0. The maximum absolute atomic E-state index is 13.0. The zero-order valence-corrected chi connectivity index (χ0v) is 16.1. The van der Waals surface area contributed by atoms with E-state index in [1.807, 2.05) is 13.0 Å². The normalized spacial score (nSPS) is 13.2. The lowest BCUT2D eigenvalue weighted by Gasteiger charge is -2.23. The van der Waals surface area contributed by atoms with E-state index in [9.17, 15) is 4.79 Å². The summed E-state index contributed by atoms with van der Waals surface area (Å²) in [6.45, 7) is 1.83. The van der Waals surface area contributed by atoms with Crippen LogP contribution in [-0.2, 0) is 0 Å². The van der Waals surface area contributed by atoms with Crippen molar-refractivity contribution in [3.63, 3.8) is 0 Å². The fourth-order valence-corrected chi connectivity index (χ4v) is 3.94. The molecule has 0 unspecified atom stereocenters. The highest BCUT2D eigenvalue weighted by Crippen LogP contribution is 2.46. The van der Waals surface area contributed by atoms with Crippen molar-refractivity contribution in [2.45, 2.75) is 11.8 Å². The Morgan fingerprint density at radius 3 is 2.48 bits per heavy atom. The van der Waals surface area contributed by atoms with Crippen molar-refractivity contribution in [2.75, 3.05) is 19.5 Å². The molecule has 0 radical (unpaired) electrons. The van der Waals surface area contributed by atoms with Gasteiger partial charge in [0.1, 0.15) is 0 Å². The molecule has 0 bridgehead atoms. The van der Waals surface area contributed by atoms with Gasteiger partial charge in [0.05, 0.1) is 34.9 Å². The van der Waals surface area contributed by atoms with Crippen LogP contribution in [0.2, 0.25) is 10.0 Å². The number of methoxy groups -OCH3 is 2. The fourth-order valence-electron chi connectivity index (χ4n) is 2.49. The quantitative estimate of drug-likeness (QED) is 0.678. The number of hydrogen-bond donors (Lipinski definition) is 1. The van der Waals surface area contributed by atoms with E-state index in [0.717, 1.165) is 16.3 Å². The van der Waals surface area contributed by atoms with Crippen LogP contribution in [-0.4, -0.2) is 20.0 Å². The summed E-state index contributed by atoms with van der Waals surface area (Å²) in [5.41, 5.74) is 1.96. The molecule has 0 fully saturated rings. The Bertz CT molecular complexity index is 896. The van der Waals surface area contributed by atoms with Crippen LogP contribution in [0.4, 0.5) is 5.69 Å². The summed E-state index contributed by atoms with van der Waals surface area (Å²) in [6.07, 6.45) is 0. The number of carbonyl (C=O) groups is 1. The second kappa shape index (κ2) is 7.20. The minimum atomic E-state index is -0.104. The van der Waals surface area contributed by atoms with E-state index in [1.165, 1.54) is 18.9 Å². The first-order valence-electron chi connectivity index (χ1n) is 7.36. The average Bonchev–Trinajstić information content (AvgIpc) is 2.63. The standard InChI is InChI=1S/C18H15Cl2NO3S/c1-9-18(25-14-7-5-11(19)15(20)16(14)21-9)17(22)10-4-6-12(23-2)13(8-10)24-3/h4-8,21H,1-3H3. The first-order valence-corrected chi connectivity index (χ1v) is 8.94. The van der Waals surface area contributed by atoms with Crippen molar-refractivity contribution in [3.8, 4) is 11.5 Å². The van der Waals surface area contributed by atoms with E-state index in [-0.39, 0.29) is 5.78 Å². The number of Topliss-reactive ketones (excluding diaryl/α,β-unsaturated/α-hetero) is 1. The fraction of sp³-hybridized carbons (Fsp3) is 0.167. The smallest absolute Gasteiger partial charge is 0.201 e. The molecular formula is C18H15Cl2NO3S. The number of thioether (sulfide) groups is 1. The van der Waals surface area contributed by atoms with Crippen LogP contribution in [0.1, 0.15) is 17.3 Å². The van der Waals surface area contributed by atoms with Gasteiger partial charge >= 0.3 is 0 Å². The van der Waals surface area contributed by atoms with Crippen LogP contribution in [0.5, 0.6) is 11.5 Å². The Hall–Kier alpha value is -1.82. The maximum Gasteiger partial charge on any atom is 0.201 e. The van der Waals surface area contributed by atoms with Crippen molar-refractivity contribution < 1.29 is 14.3 Å². The van der Waals surface area contributed by atoms with Crippen molar-refractivity contribution in [1.82, 2.24) is 0 Å². The van der Waals surface area contributed by atoms with Gasteiger partial charge in [-0.05, 0) is 37.3 Å². The largest absolute Gasteiger partial charge is 0.493 e. The van der Waals surface area contributed by atoms with E-state index < -0.39 is 0 Å². The number of anilines is 1. The molecule has 0 aromatic heterocycles. The molecule has 1 heterocycles. The van der Waals surface area contributed by atoms with Gasteiger partial charge in [0, 0.05) is 16.2 Å². The van der Waals surface area contributed by atoms with Gasteiger partial charge in [-0.15, -0.1) is 0 Å². The van der Waals surface area contributed by atoms with Gasteiger partial charge in [-0.2, -0.15) is 0 Å². The monoisotopic (exact) mass is 395 g/mol. The molecule has 1 aliphatic heterocycles. The van der Waals surface area contributed by atoms with Crippen LogP contribution in [0.3, 0.4) is 0 Å². The number of rotatable bonds is 4. The molecule has 1 aliphatic rings. The summed E-state index contributed by atoms with van der Waals surface area (Å²) in [5, 5.41) is 4.10. The Morgan fingerprint density at radius 2 is 1.80 bits per heavy atom. The van der Waals surface area contributed by atoms with Gasteiger partial charge in [0.2, 0.25) is 5.78 Å². The van der Waals surface area contributed by atoms with Crippen LogP contribution in [0.25, 0.3) is 0 Å².